The molecule has 0 bridgehead atoms. The lowest BCUT2D eigenvalue weighted by Gasteiger charge is -1.95. The summed E-state index contributed by atoms with van der Waals surface area (Å²) in [6.45, 7) is 1.78. The first-order chi connectivity index (χ1) is 6.27. The van der Waals surface area contributed by atoms with Gasteiger partial charge in [0.1, 0.15) is 5.69 Å². The Morgan fingerprint density at radius 2 is 2.38 bits per heavy atom. The van der Waals surface area contributed by atoms with Gasteiger partial charge in [-0.25, -0.2) is 5.10 Å². The van der Waals surface area contributed by atoms with Crippen molar-refractivity contribution in [3.05, 3.63) is 39.5 Å². The predicted molar refractivity (Wildman–Crippen MR) is 52.9 cm³/mol. The van der Waals surface area contributed by atoms with Crippen LogP contribution in [-0.4, -0.2) is 10.2 Å². The average Bonchev–Trinajstić information content (AvgIpc) is 2.62. The van der Waals surface area contributed by atoms with Crippen LogP contribution in [0.2, 0.25) is 0 Å². The van der Waals surface area contributed by atoms with Gasteiger partial charge in [-0.05, 0) is 24.4 Å². The molecule has 0 amide bonds. The Morgan fingerprint density at radius 1 is 1.54 bits per heavy atom. The van der Waals surface area contributed by atoms with Gasteiger partial charge in [-0.15, -0.1) is 11.3 Å². The zero-order chi connectivity index (χ0) is 9.26. The first-order valence-corrected chi connectivity index (χ1v) is 4.75. The fourth-order valence-electron chi connectivity index (χ4n) is 1.05. The normalized spacial score (nSPS) is 10.2. The highest BCUT2D eigenvalue weighted by Crippen LogP contribution is 2.21. The number of thiophene rings is 1. The van der Waals surface area contributed by atoms with Gasteiger partial charge in [0.05, 0.1) is 4.88 Å². The van der Waals surface area contributed by atoms with E-state index in [1.807, 2.05) is 17.5 Å². The van der Waals surface area contributed by atoms with E-state index in [1.165, 1.54) is 0 Å². The Kier molecular flexibility index (Phi) is 1.98. The van der Waals surface area contributed by atoms with Gasteiger partial charge in [0.25, 0.3) is 5.56 Å². The fraction of sp³-hybridized carbons (Fsp3) is 0.111. The highest BCUT2D eigenvalue weighted by molar-refractivity contribution is 7.13. The van der Waals surface area contributed by atoms with Crippen molar-refractivity contribution in [1.82, 2.24) is 10.2 Å². The third kappa shape index (κ3) is 1.53. The van der Waals surface area contributed by atoms with Crippen molar-refractivity contribution in [1.29, 1.82) is 0 Å². The predicted octanol–water partition coefficient (Wildman–Crippen LogP) is 1.81. The average molecular weight is 192 g/mol. The highest BCUT2D eigenvalue weighted by atomic mass is 32.1. The molecule has 2 aromatic rings. The molecule has 2 heterocycles. The molecule has 13 heavy (non-hydrogen) atoms. The molecule has 0 aliphatic heterocycles. The van der Waals surface area contributed by atoms with Crippen LogP contribution in [0, 0.1) is 6.92 Å². The maximum atomic E-state index is 11.0. The second-order valence-corrected chi connectivity index (χ2v) is 3.69. The number of H-pyrrole nitrogens is 1. The second kappa shape index (κ2) is 3.14. The number of nitrogens with one attached hydrogen (secondary N) is 1. The molecule has 4 heteroatoms. The van der Waals surface area contributed by atoms with Crippen LogP contribution in [0.15, 0.2) is 28.4 Å². The Labute approximate surface area is 79.1 Å². The molecule has 2 rings (SSSR count). The number of hydrogen-bond acceptors (Lipinski definition) is 3. The molecule has 0 aromatic carbocycles. The van der Waals surface area contributed by atoms with Crippen molar-refractivity contribution >= 4 is 11.3 Å². The summed E-state index contributed by atoms with van der Waals surface area (Å²) >= 11 is 1.61. The van der Waals surface area contributed by atoms with E-state index < -0.39 is 0 Å². The molecule has 0 spiro atoms. The SMILES string of the molecule is Cc1cc(-c2cccs2)n[nH]c1=O. The molecular weight excluding hydrogens is 184 g/mol. The summed E-state index contributed by atoms with van der Waals surface area (Å²) in [6.07, 6.45) is 0. The summed E-state index contributed by atoms with van der Waals surface area (Å²) in [5.41, 5.74) is 1.39. The van der Waals surface area contributed by atoms with Gasteiger partial charge < -0.3 is 0 Å². The lowest BCUT2D eigenvalue weighted by molar-refractivity contribution is 0.978. The monoisotopic (exact) mass is 192 g/mol. The molecule has 3 nitrogen and oxygen atoms in total. The van der Waals surface area contributed by atoms with E-state index in [9.17, 15) is 4.79 Å². The van der Waals surface area contributed by atoms with Crippen molar-refractivity contribution in [3.63, 3.8) is 0 Å². The molecule has 0 aliphatic carbocycles. The van der Waals surface area contributed by atoms with Crippen LogP contribution < -0.4 is 5.56 Å². The molecule has 0 fully saturated rings. The minimum atomic E-state index is -0.125. The van der Waals surface area contributed by atoms with Crippen molar-refractivity contribution in [2.45, 2.75) is 6.92 Å². The van der Waals surface area contributed by atoms with Gasteiger partial charge >= 0.3 is 0 Å². The molecule has 0 atom stereocenters. The number of aryl methyl sites for hydroxylation is 1. The smallest absolute Gasteiger partial charge is 0.267 e. The molecule has 0 saturated carbocycles. The maximum absolute atomic E-state index is 11.0. The number of rotatable bonds is 1. The van der Waals surface area contributed by atoms with Crippen LogP contribution in [0.25, 0.3) is 10.6 Å². The number of aromatic nitrogens is 2. The number of aromatic amines is 1. The third-order valence-electron chi connectivity index (χ3n) is 1.76. The Balaban J connectivity index is 2.55. The Morgan fingerprint density at radius 3 is 3.00 bits per heavy atom. The summed E-state index contributed by atoms with van der Waals surface area (Å²) in [6, 6.07) is 5.73. The standard InChI is InChI=1S/C9H8N2OS/c1-6-5-7(10-11-9(6)12)8-3-2-4-13-8/h2-5H,1H3,(H,11,12). The Hall–Kier alpha value is -1.42. The van der Waals surface area contributed by atoms with E-state index in [0.29, 0.717) is 5.56 Å². The topological polar surface area (TPSA) is 45.8 Å². The summed E-state index contributed by atoms with van der Waals surface area (Å²) < 4.78 is 0. The van der Waals surface area contributed by atoms with Crippen molar-refractivity contribution in [2.75, 3.05) is 0 Å². The Bertz CT molecular complexity index is 459. The zero-order valence-corrected chi connectivity index (χ0v) is 7.89. The number of nitrogens with zero attached hydrogens (tertiary/aromatic N) is 1. The van der Waals surface area contributed by atoms with Crippen molar-refractivity contribution < 1.29 is 0 Å². The molecular formula is C9H8N2OS. The first kappa shape index (κ1) is 8.19. The van der Waals surface area contributed by atoms with Crippen LogP contribution in [0.1, 0.15) is 5.56 Å². The van der Waals surface area contributed by atoms with Crippen molar-refractivity contribution in [3.8, 4) is 10.6 Å². The van der Waals surface area contributed by atoms with Gasteiger partial charge in [0, 0.05) is 5.56 Å². The van der Waals surface area contributed by atoms with Gasteiger partial charge in [-0.3, -0.25) is 4.79 Å². The van der Waals surface area contributed by atoms with Crippen LogP contribution in [0.4, 0.5) is 0 Å². The molecule has 2 aromatic heterocycles. The maximum Gasteiger partial charge on any atom is 0.267 e. The van der Waals surface area contributed by atoms with E-state index in [2.05, 4.69) is 10.2 Å². The van der Waals surface area contributed by atoms with Gasteiger partial charge in [-0.1, -0.05) is 6.07 Å². The van der Waals surface area contributed by atoms with Crippen LogP contribution in [0.3, 0.4) is 0 Å². The molecule has 0 radical (unpaired) electrons. The lowest BCUT2D eigenvalue weighted by Crippen LogP contribution is -2.10. The van der Waals surface area contributed by atoms with E-state index in [-0.39, 0.29) is 5.56 Å². The van der Waals surface area contributed by atoms with Crippen LogP contribution in [0.5, 0.6) is 0 Å². The first-order valence-electron chi connectivity index (χ1n) is 3.87. The third-order valence-corrected chi connectivity index (χ3v) is 2.66. The van der Waals surface area contributed by atoms with E-state index in [4.69, 9.17) is 0 Å². The van der Waals surface area contributed by atoms with E-state index >= 15 is 0 Å². The quantitative estimate of drug-likeness (QED) is 0.749. The molecule has 0 unspecified atom stereocenters. The largest absolute Gasteiger partial charge is 0.268 e. The zero-order valence-electron chi connectivity index (χ0n) is 7.07. The molecule has 0 saturated heterocycles. The summed E-state index contributed by atoms with van der Waals surface area (Å²) in [5, 5.41) is 8.40. The summed E-state index contributed by atoms with van der Waals surface area (Å²) in [4.78, 5) is 12.1. The minimum Gasteiger partial charge on any atom is -0.268 e. The molecule has 0 aliphatic rings. The summed E-state index contributed by atoms with van der Waals surface area (Å²) in [7, 11) is 0. The molecule has 66 valence electrons. The fourth-order valence-corrected chi connectivity index (χ4v) is 1.74. The minimum absolute atomic E-state index is 0.125. The highest BCUT2D eigenvalue weighted by Gasteiger charge is 2.01. The van der Waals surface area contributed by atoms with E-state index in [0.717, 1.165) is 10.6 Å². The van der Waals surface area contributed by atoms with Gasteiger partial charge in [0.2, 0.25) is 0 Å². The summed E-state index contributed by atoms with van der Waals surface area (Å²) in [5.74, 6) is 0. The van der Waals surface area contributed by atoms with Crippen LogP contribution in [-0.2, 0) is 0 Å². The van der Waals surface area contributed by atoms with Crippen LogP contribution >= 0.6 is 11.3 Å². The second-order valence-electron chi connectivity index (χ2n) is 2.74. The number of hydrogen-bond donors (Lipinski definition) is 1. The lowest BCUT2D eigenvalue weighted by atomic mass is 10.2. The van der Waals surface area contributed by atoms with Crippen molar-refractivity contribution in [2.24, 2.45) is 0 Å². The van der Waals surface area contributed by atoms with Gasteiger partial charge in [-0.2, -0.15) is 5.10 Å². The van der Waals surface area contributed by atoms with E-state index in [1.54, 1.807) is 24.3 Å². The van der Waals surface area contributed by atoms with Gasteiger partial charge in [0.15, 0.2) is 0 Å². The molecule has 1 N–H and O–H groups in total.